The molecule has 3 heteroatoms. The summed E-state index contributed by atoms with van der Waals surface area (Å²) in [5.41, 5.74) is 1.15. The van der Waals surface area contributed by atoms with Crippen molar-refractivity contribution in [3.8, 4) is 0 Å². The van der Waals surface area contributed by atoms with Crippen molar-refractivity contribution >= 4 is 5.97 Å². The second kappa shape index (κ2) is 5.88. The Morgan fingerprint density at radius 1 is 1.55 bits per heavy atom. The van der Waals surface area contributed by atoms with Crippen LogP contribution >= 0.6 is 0 Å². The summed E-state index contributed by atoms with van der Waals surface area (Å²) < 4.78 is 5.14. The molecule has 0 aromatic heterocycles. The van der Waals surface area contributed by atoms with Gasteiger partial charge in [-0.15, -0.1) is 0 Å². The van der Waals surface area contributed by atoms with E-state index in [0.29, 0.717) is 12.5 Å². The van der Waals surface area contributed by atoms with E-state index in [-0.39, 0.29) is 29.3 Å². The van der Waals surface area contributed by atoms with E-state index in [2.05, 4.69) is 20.4 Å². The standard InChI is InChI=1S/C17H28O3/c1-11(10-20-14(4)18)15-8-7-13(3)17(16(15)19)9-5-6-12(17)2/h11-12,15-16,19H,3,5-10H2,1-2,4H3/t11?,12-,15+,16-,17+/m0/s1. The van der Waals surface area contributed by atoms with Crippen LogP contribution in [-0.2, 0) is 9.53 Å². The third-order valence-corrected chi connectivity index (χ3v) is 5.76. The summed E-state index contributed by atoms with van der Waals surface area (Å²) >= 11 is 0. The second-order valence-corrected chi connectivity index (χ2v) is 6.86. The highest BCUT2D eigenvalue weighted by Crippen LogP contribution is 2.57. The fourth-order valence-corrected chi connectivity index (χ4v) is 4.46. The first-order valence-electron chi connectivity index (χ1n) is 7.89. The third-order valence-electron chi connectivity index (χ3n) is 5.76. The molecule has 0 radical (unpaired) electrons. The molecule has 0 heterocycles. The highest BCUT2D eigenvalue weighted by Gasteiger charge is 2.53. The van der Waals surface area contributed by atoms with Gasteiger partial charge in [-0.2, -0.15) is 0 Å². The summed E-state index contributed by atoms with van der Waals surface area (Å²) in [5.74, 6) is 0.677. The lowest BCUT2D eigenvalue weighted by atomic mass is 9.58. The van der Waals surface area contributed by atoms with Crippen molar-refractivity contribution in [1.29, 1.82) is 0 Å². The topological polar surface area (TPSA) is 46.5 Å². The Bertz CT molecular complexity index is 390. The number of hydrogen-bond donors (Lipinski definition) is 1. The monoisotopic (exact) mass is 280 g/mol. The Morgan fingerprint density at radius 2 is 2.25 bits per heavy atom. The van der Waals surface area contributed by atoms with Gasteiger partial charge in [0.1, 0.15) is 0 Å². The van der Waals surface area contributed by atoms with Crippen LogP contribution in [-0.4, -0.2) is 23.8 Å². The SMILES string of the molecule is C=C1CC[C@H](C(C)COC(C)=O)[C@H](O)[C@@]12CCC[C@@H]2C. The molecule has 0 aliphatic heterocycles. The van der Waals surface area contributed by atoms with Crippen LogP contribution in [0.15, 0.2) is 12.2 Å². The molecule has 2 fully saturated rings. The summed E-state index contributed by atoms with van der Waals surface area (Å²) in [7, 11) is 0. The van der Waals surface area contributed by atoms with Gasteiger partial charge in [0.15, 0.2) is 0 Å². The fraction of sp³-hybridized carbons (Fsp3) is 0.824. The van der Waals surface area contributed by atoms with Crippen LogP contribution < -0.4 is 0 Å². The maximum absolute atomic E-state index is 11.0. The first-order valence-corrected chi connectivity index (χ1v) is 7.89. The molecule has 114 valence electrons. The highest BCUT2D eigenvalue weighted by atomic mass is 16.5. The molecule has 5 atom stereocenters. The molecule has 2 aliphatic carbocycles. The Labute approximate surface area is 122 Å². The molecule has 1 unspecified atom stereocenters. The van der Waals surface area contributed by atoms with E-state index in [9.17, 15) is 9.90 Å². The molecule has 0 amide bonds. The number of rotatable bonds is 3. The molecule has 1 N–H and O–H groups in total. The van der Waals surface area contributed by atoms with Crippen LogP contribution in [0.1, 0.15) is 52.9 Å². The van der Waals surface area contributed by atoms with Gasteiger partial charge >= 0.3 is 5.97 Å². The van der Waals surface area contributed by atoms with Crippen LogP contribution in [0.3, 0.4) is 0 Å². The van der Waals surface area contributed by atoms with Gasteiger partial charge < -0.3 is 9.84 Å². The maximum atomic E-state index is 11.0. The molecule has 20 heavy (non-hydrogen) atoms. The van der Waals surface area contributed by atoms with E-state index in [1.54, 1.807) is 0 Å². The number of aliphatic hydroxyl groups is 1. The average molecular weight is 280 g/mol. The van der Waals surface area contributed by atoms with E-state index in [4.69, 9.17) is 4.74 Å². The summed E-state index contributed by atoms with van der Waals surface area (Å²) in [6, 6.07) is 0. The molecule has 0 saturated heterocycles. The van der Waals surface area contributed by atoms with Gasteiger partial charge in [-0.05, 0) is 43.4 Å². The van der Waals surface area contributed by atoms with Crippen molar-refractivity contribution in [2.45, 2.75) is 59.0 Å². The van der Waals surface area contributed by atoms with Gasteiger partial charge in [-0.25, -0.2) is 0 Å². The molecule has 0 aromatic rings. The first kappa shape index (κ1) is 15.6. The predicted molar refractivity (Wildman–Crippen MR) is 79.1 cm³/mol. The van der Waals surface area contributed by atoms with Crippen LogP contribution in [0.5, 0.6) is 0 Å². The van der Waals surface area contributed by atoms with E-state index >= 15 is 0 Å². The first-order chi connectivity index (χ1) is 9.39. The minimum absolute atomic E-state index is 0.0899. The Kier molecular flexibility index (Phi) is 4.58. The van der Waals surface area contributed by atoms with Gasteiger partial charge in [0.25, 0.3) is 0 Å². The zero-order valence-electron chi connectivity index (χ0n) is 13.0. The van der Waals surface area contributed by atoms with Gasteiger partial charge in [0.05, 0.1) is 12.7 Å². The summed E-state index contributed by atoms with van der Waals surface area (Å²) in [6.07, 6.45) is 5.04. The molecule has 3 nitrogen and oxygen atoms in total. The second-order valence-electron chi connectivity index (χ2n) is 6.86. The molecule has 2 rings (SSSR count). The van der Waals surface area contributed by atoms with Crippen molar-refractivity contribution in [3.63, 3.8) is 0 Å². The number of aliphatic hydroxyl groups excluding tert-OH is 1. The van der Waals surface area contributed by atoms with Crippen molar-refractivity contribution in [2.75, 3.05) is 6.61 Å². The van der Waals surface area contributed by atoms with Crippen molar-refractivity contribution < 1.29 is 14.6 Å². The predicted octanol–water partition coefficient (Wildman–Crippen LogP) is 3.32. The summed E-state index contributed by atoms with van der Waals surface area (Å²) in [5, 5.41) is 11.0. The third kappa shape index (κ3) is 2.52. The fourth-order valence-electron chi connectivity index (χ4n) is 4.46. The lowest BCUT2D eigenvalue weighted by molar-refractivity contribution is -0.144. The van der Waals surface area contributed by atoms with Crippen LogP contribution in [0.25, 0.3) is 0 Å². The van der Waals surface area contributed by atoms with Crippen molar-refractivity contribution in [2.24, 2.45) is 23.2 Å². The Hall–Kier alpha value is -0.830. The molecule has 0 aromatic carbocycles. The molecule has 0 bridgehead atoms. The Morgan fingerprint density at radius 3 is 2.80 bits per heavy atom. The Balaban J connectivity index is 2.12. The van der Waals surface area contributed by atoms with E-state index < -0.39 is 0 Å². The molecular formula is C17H28O3. The molecule has 1 spiro atoms. The maximum Gasteiger partial charge on any atom is 0.302 e. The minimum Gasteiger partial charge on any atom is -0.466 e. The molecular weight excluding hydrogens is 252 g/mol. The lowest BCUT2D eigenvalue weighted by Gasteiger charge is -2.49. The number of ether oxygens (including phenoxy) is 1. The van der Waals surface area contributed by atoms with Gasteiger partial charge in [0.2, 0.25) is 0 Å². The average Bonchev–Trinajstić information content (AvgIpc) is 2.77. The van der Waals surface area contributed by atoms with Crippen LogP contribution in [0, 0.1) is 23.2 Å². The number of carbonyl (C=O) groups is 1. The van der Waals surface area contributed by atoms with Gasteiger partial charge in [-0.1, -0.05) is 32.4 Å². The van der Waals surface area contributed by atoms with E-state index in [0.717, 1.165) is 19.3 Å². The van der Waals surface area contributed by atoms with Gasteiger partial charge in [0, 0.05) is 12.3 Å². The van der Waals surface area contributed by atoms with Crippen LogP contribution in [0.2, 0.25) is 0 Å². The van der Waals surface area contributed by atoms with E-state index in [1.807, 2.05) is 0 Å². The number of hydrogen-bond acceptors (Lipinski definition) is 3. The zero-order valence-corrected chi connectivity index (χ0v) is 13.0. The number of carbonyl (C=O) groups excluding carboxylic acids is 1. The summed E-state index contributed by atoms with van der Waals surface area (Å²) in [4.78, 5) is 11.0. The number of esters is 1. The normalized spacial score (nSPS) is 39.0. The van der Waals surface area contributed by atoms with Crippen molar-refractivity contribution in [1.82, 2.24) is 0 Å². The smallest absolute Gasteiger partial charge is 0.302 e. The van der Waals surface area contributed by atoms with Crippen LogP contribution in [0.4, 0.5) is 0 Å². The minimum atomic E-state index is -0.341. The van der Waals surface area contributed by atoms with Gasteiger partial charge in [-0.3, -0.25) is 4.79 Å². The lowest BCUT2D eigenvalue weighted by Crippen LogP contribution is -2.49. The van der Waals surface area contributed by atoms with E-state index in [1.165, 1.54) is 25.3 Å². The van der Waals surface area contributed by atoms with Crippen molar-refractivity contribution in [3.05, 3.63) is 12.2 Å². The summed E-state index contributed by atoms with van der Waals surface area (Å²) in [6.45, 7) is 10.5. The quantitative estimate of drug-likeness (QED) is 0.637. The highest BCUT2D eigenvalue weighted by molar-refractivity contribution is 5.65. The largest absolute Gasteiger partial charge is 0.466 e. The zero-order chi connectivity index (χ0) is 14.9. The molecule has 2 aliphatic rings. The molecule has 2 saturated carbocycles.